The monoisotopic (exact) mass is 340 g/mol. The van der Waals surface area contributed by atoms with E-state index in [4.69, 9.17) is 4.74 Å². The maximum Gasteiger partial charge on any atom is 0.111 e. The van der Waals surface area contributed by atoms with Gasteiger partial charge in [-0.1, -0.05) is 31.9 Å². The Kier molecular flexibility index (Phi) is 6.26. The average molecular weight is 340 g/mol. The highest BCUT2D eigenvalue weighted by Crippen LogP contribution is 2.45. The average Bonchev–Trinajstić information content (AvgIpc) is 2.49. The van der Waals surface area contributed by atoms with Gasteiger partial charge in [-0.15, -0.1) is 0 Å². The number of aliphatic hydroxyl groups excluding tert-OH is 3. The van der Waals surface area contributed by atoms with Gasteiger partial charge in [-0.05, 0) is 37.8 Å². The fourth-order valence-electron chi connectivity index (χ4n) is 3.69. The Hall–Kier alpha value is -0.720. The third-order valence-corrected chi connectivity index (χ3v) is 5.29. The molecule has 1 saturated heterocycles. The molecular weight excluding hydrogens is 308 g/mol. The number of unbranched alkanes of at least 4 members (excludes halogenated alkanes) is 3. The van der Waals surface area contributed by atoms with Crippen molar-refractivity contribution in [3.05, 3.63) is 23.3 Å². The molecule has 0 saturated carbocycles. The largest absolute Gasteiger partial charge is 0.392 e. The number of rotatable bonds is 6. The summed E-state index contributed by atoms with van der Waals surface area (Å²) in [6.07, 6.45) is 6.02. The predicted molar refractivity (Wildman–Crippen MR) is 92.5 cm³/mol. The van der Waals surface area contributed by atoms with Crippen LogP contribution in [0.4, 0.5) is 0 Å². The Bertz CT molecular complexity index is 496. The van der Waals surface area contributed by atoms with Crippen molar-refractivity contribution >= 4 is 0 Å². The third kappa shape index (κ3) is 3.92. The lowest BCUT2D eigenvalue weighted by molar-refractivity contribution is -0.249. The Morgan fingerprint density at radius 2 is 1.92 bits per heavy atom. The smallest absolute Gasteiger partial charge is 0.111 e. The zero-order valence-corrected chi connectivity index (χ0v) is 15.0. The summed E-state index contributed by atoms with van der Waals surface area (Å²) < 4.78 is 5.96. The van der Waals surface area contributed by atoms with Gasteiger partial charge in [-0.25, -0.2) is 0 Å². The molecule has 0 unspecified atom stereocenters. The minimum absolute atomic E-state index is 0.100. The molecule has 0 bridgehead atoms. The molecule has 1 aliphatic heterocycles. The maximum absolute atomic E-state index is 10.9. The van der Waals surface area contributed by atoms with E-state index in [2.05, 4.69) is 6.92 Å². The van der Waals surface area contributed by atoms with Crippen LogP contribution in [0, 0.1) is 0 Å². The standard InChI is InChI=1S/C19H32O5/c1-4-5-6-7-8-9-13-14(12-20)17-19(23,10-15(13)21)11-16(22)18(2,3)24-17/h8-9,15-17,20-23H,4-7,10-12H2,1-3H3/t15-,16+,17+,19-/m0/s1. The van der Waals surface area contributed by atoms with Crippen LogP contribution < -0.4 is 0 Å². The first-order valence-electron chi connectivity index (χ1n) is 9.02. The molecule has 5 heteroatoms. The van der Waals surface area contributed by atoms with E-state index < -0.39 is 29.5 Å². The molecule has 24 heavy (non-hydrogen) atoms. The first kappa shape index (κ1) is 19.6. The Labute approximate surface area is 144 Å². The second-order valence-electron chi connectivity index (χ2n) is 7.68. The van der Waals surface area contributed by atoms with Gasteiger partial charge in [0.25, 0.3) is 0 Å². The minimum Gasteiger partial charge on any atom is -0.392 e. The number of fused-ring (bicyclic) bond motifs is 1. The molecule has 0 amide bonds. The number of hydrogen-bond acceptors (Lipinski definition) is 5. The van der Waals surface area contributed by atoms with Gasteiger partial charge in [-0.2, -0.15) is 0 Å². The molecule has 0 aromatic heterocycles. The van der Waals surface area contributed by atoms with E-state index in [1.54, 1.807) is 13.8 Å². The molecule has 138 valence electrons. The van der Waals surface area contributed by atoms with Crippen molar-refractivity contribution in [3.63, 3.8) is 0 Å². The summed E-state index contributed by atoms with van der Waals surface area (Å²) >= 11 is 0. The molecule has 0 aromatic rings. The molecule has 0 radical (unpaired) electrons. The van der Waals surface area contributed by atoms with Crippen LogP contribution in [-0.2, 0) is 4.74 Å². The van der Waals surface area contributed by atoms with Crippen LogP contribution in [0.15, 0.2) is 23.3 Å². The van der Waals surface area contributed by atoms with E-state index in [0.29, 0.717) is 11.1 Å². The summed E-state index contributed by atoms with van der Waals surface area (Å²) in [5.74, 6) is 0. The Morgan fingerprint density at radius 1 is 1.21 bits per heavy atom. The fourth-order valence-corrected chi connectivity index (χ4v) is 3.69. The summed E-state index contributed by atoms with van der Waals surface area (Å²) in [6.45, 7) is 5.42. The van der Waals surface area contributed by atoms with Crippen molar-refractivity contribution in [2.75, 3.05) is 6.61 Å². The number of allylic oxidation sites excluding steroid dienone is 1. The molecule has 2 aliphatic rings. The van der Waals surface area contributed by atoms with Crippen molar-refractivity contribution in [1.82, 2.24) is 0 Å². The molecule has 4 N–H and O–H groups in total. The predicted octanol–water partition coefficient (Wildman–Crippen LogP) is 1.84. The van der Waals surface area contributed by atoms with E-state index in [1.807, 2.05) is 12.2 Å². The first-order chi connectivity index (χ1) is 11.2. The molecule has 1 fully saturated rings. The van der Waals surface area contributed by atoms with Gasteiger partial charge in [-0.3, -0.25) is 0 Å². The molecule has 1 aliphatic carbocycles. The van der Waals surface area contributed by atoms with Gasteiger partial charge in [0, 0.05) is 12.8 Å². The number of hydrogen-bond donors (Lipinski definition) is 4. The lowest BCUT2D eigenvalue weighted by atomic mass is 9.70. The van der Waals surface area contributed by atoms with Crippen molar-refractivity contribution in [1.29, 1.82) is 0 Å². The Morgan fingerprint density at radius 3 is 2.54 bits per heavy atom. The third-order valence-electron chi connectivity index (χ3n) is 5.29. The van der Waals surface area contributed by atoms with Crippen LogP contribution in [0.25, 0.3) is 0 Å². The molecule has 0 aromatic carbocycles. The van der Waals surface area contributed by atoms with Crippen molar-refractivity contribution in [3.8, 4) is 0 Å². The molecular formula is C19H32O5. The van der Waals surface area contributed by atoms with E-state index in [-0.39, 0.29) is 19.4 Å². The molecule has 4 atom stereocenters. The zero-order chi connectivity index (χ0) is 18.0. The summed E-state index contributed by atoms with van der Waals surface area (Å²) in [6, 6.07) is 0. The van der Waals surface area contributed by atoms with Gasteiger partial charge in [0.15, 0.2) is 0 Å². The summed E-state index contributed by atoms with van der Waals surface area (Å²) in [5.41, 5.74) is -1.01. The lowest BCUT2D eigenvalue weighted by Gasteiger charge is -2.53. The fraction of sp³-hybridized carbons (Fsp3) is 0.789. The highest BCUT2D eigenvalue weighted by molar-refractivity contribution is 5.38. The van der Waals surface area contributed by atoms with Gasteiger partial charge in [0.05, 0.1) is 24.4 Å². The van der Waals surface area contributed by atoms with Crippen LogP contribution >= 0.6 is 0 Å². The van der Waals surface area contributed by atoms with Gasteiger partial charge >= 0.3 is 0 Å². The van der Waals surface area contributed by atoms with Crippen molar-refractivity contribution in [2.45, 2.75) is 88.8 Å². The zero-order valence-electron chi connectivity index (χ0n) is 15.0. The topological polar surface area (TPSA) is 90.2 Å². The Balaban J connectivity index is 2.27. The second kappa shape index (κ2) is 7.67. The van der Waals surface area contributed by atoms with Crippen molar-refractivity contribution in [2.24, 2.45) is 0 Å². The molecule has 0 spiro atoms. The normalized spacial score (nSPS) is 36.2. The SMILES string of the molecule is CCCCCC=CC1=C(CO)[C@H]2OC(C)(C)[C@H](O)C[C@@]2(O)C[C@@H]1O. The molecule has 5 nitrogen and oxygen atoms in total. The van der Waals surface area contributed by atoms with Gasteiger partial charge in [0.2, 0.25) is 0 Å². The highest BCUT2D eigenvalue weighted by Gasteiger charge is 2.55. The quantitative estimate of drug-likeness (QED) is 0.554. The van der Waals surface area contributed by atoms with Crippen LogP contribution in [0.3, 0.4) is 0 Å². The molecule has 2 rings (SSSR count). The summed E-state index contributed by atoms with van der Waals surface area (Å²) in [7, 11) is 0. The van der Waals surface area contributed by atoms with Gasteiger partial charge < -0.3 is 25.2 Å². The van der Waals surface area contributed by atoms with Gasteiger partial charge in [0.1, 0.15) is 11.7 Å². The summed E-state index contributed by atoms with van der Waals surface area (Å²) in [5, 5.41) is 41.5. The second-order valence-corrected chi connectivity index (χ2v) is 7.68. The first-order valence-corrected chi connectivity index (χ1v) is 9.02. The van der Waals surface area contributed by atoms with Crippen molar-refractivity contribution < 1.29 is 25.2 Å². The van der Waals surface area contributed by atoms with Crippen LogP contribution in [0.5, 0.6) is 0 Å². The molecule has 1 heterocycles. The van der Waals surface area contributed by atoms with E-state index in [1.165, 1.54) is 0 Å². The maximum atomic E-state index is 10.9. The van der Waals surface area contributed by atoms with Crippen LogP contribution in [0.2, 0.25) is 0 Å². The minimum atomic E-state index is -1.36. The van der Waals surface area contributed by atoms with Crippen LogP contribution in [-0.4, -0.2) is 56.5 Å². The lowest BCUT2D eigenvalue weighted by Crippen LogP contribution is -2.63. The number of ether oxygens (including phenoxy) is 1. The van der Waals surface area contributed by atoms with Crippen LogP contribution in [0.1, 0.15) is 59.3 Å². The highest BCUT2D eigenvalue weighted by atomic mass is 16.5. The van der Waals surface area contributed by atoms with E-state index in [9.17, 15) is 20.4 Å². The van der Waals surface area contributed by atoms with E-state index >= 15 is 0 Å². The number of aliphatic hydroxyl groups is 4. The van der Waals surface area contributed by atoms with E-state index in [0.717, 1.165) is 25.7 Å². The summed E-state index contributed by atoms with van der Waals surface area (Å²) in [4.78, 5) is 0.